The van der Waals surface area contributed by atoms with Crippen LogP contribution in [0.1, 0.15) is 6.92 Å². The zero-order valence-corrected chi connectivity index (χ0v) is 9.24. The first-order valence-electron chi connectivity index (χ1n) is 4.78. The number of carbonyl (C=O) groups is 2. The Morgan fingerprint density at radius 3 is 2.44 bits per heavy atom. The van der Waals surface area contributed by atoms with Gasteiger partial charge in [-0.15, -0.1) is 0 Å². The largest absolute Gasteiger partial charge is 0.375 e. The molecule has 0 fully saturated rings. The average molecular weight is 222 g/mol. The normalized spacial score (nSPS) is 9.62. The van der Waals surface area contributed by atoms with Gasteiger partial charge in [0.05, 0.1) is 0 Å². The lowest BCUT2D eigenvalue weighted by atomic mass is 10.2. The van der Waals surface area contributed by atoms with Crippen LogP contribution in [-0.4, -0.2) is 25.5 Å². The number of rotatable bonds is 4. The van der Waals surface area contributed by atoms with Crippen LogP contribution in [-0.2, 0) is 14.3 Å². The highest BCUT2D eigenvalue weighted by molar-refractivity contribution is 5.93. The van der Waals surface area contributed by atoms with Gasteiger partial charge in [0.15, 0.2) is 0 Å². The Morgan fingerprint density at radius 2 is 1.88 bits per heavy atom. The molecule has 0 radical (unpaired) electrons. The second-order valence-corrected chi connectivity index (χ2v) is 3.24. The lowest BCUT2D eigenvalue weighted by Crippen LogP contribution is -2.17. The number of carbonyl (C=O) groups excluding carboxylic acids is 2. The molecular formula is C11H14N2O3. The number of ether oxygens (including phenoxy) is 1. The van der Waals surface area contributed by atoms with Crippen LogP contribution < -0.4 is 10.6 Å². The van der Waals surface area contributed by atoms with Gasteiger partial charge in [0.25, 0.3) is 0 Å². The van der Waals surface area contributed by atoms with Crippen LogP contribution >= 0.6 is 0 Å². The molecule has 0 unspecified atom stereocenters. The van der Waals surface area contributed by atoms with E-state index in [4.69, 9.17) is 0 Å². The zero-order chi connectivity index (χ0) is 12.0. The van der Waals surface area contributed by atoms with Crippen molar-refractivity contribution in [2.24, 2.45) is 0 Å². The molecule has 0 aromatic heterocycles. The van der Waals surface area contributed by atoms with E-state index < -0.39 is 0 Å². The van der Waals surface area contributed by atoms with Crippen molar-refractivity contribution in [3.05, 3.63) is 24.3 Å². The van der Waals surface area contributed by atoms with Crippen molar-refractivity contribution < 1.29 is 14.3 Å². The molecule has 2 N–H and O–H groups in total. The highest BCUT2D eigenvalue weighted by Crippen LogP contribution is 2.14. The monoisotopic (exact) mass is 222 g/mol. The summed E-state index contributed by atoms with van der Waals surface area (Å²) in [7, 11) is 1.45. The van der Waals surface area contributed by atoms with Gasteiger partial charge in [-0.1, -0.05) is 6.07 Å². The first kappa shape index (κ1) is 12.2. The number of hydrogen-bond donors (Lipinski definition) is 2. The molecular weight excluding hydrogens is 208 g/mol. The van der Waals surface area contributed by atoms with Gasteiger partial charge in [0.2, 0.25) is 11.8 Å². The summed E-state index contributed by atoms with van der Waals surface area (Å²) in [5, 5.41) is 5.27. The highest BCUT2D eigenvalue weighted by Gasteiger charge is 2.02. The Morgan fingerprint density at radius 1 is 1.25 bits per heavy atom. The molecule has 1 aromatic carbocycles. The third-order valence-electron chi connectivity index (χ3n) is 1.74. The maximum atomic E-state index is 11.2. The third-order valence-corrected chi connectivity index (χ3v) is 1.74. The Balaban J connectivity index is 2.67. The number of hydrogen-bond acceptors (Lipinski definition) is 3. The number of nitrogens with one attached hydrogen (secondary N) is 2. The Labute approximate surface area is 93.8 Å². The van der Waals surface area contributed by atoms with E-state index in [1.54, 1.807) is 24.3 Å². The summed E-state index contributed by atoms with van der Waals surface area (Å²) in [6.45, 7) is 1.43. The second-order valence-electron chi connectivity index (χ2n) is 3.24. The van der Waals surface area contributed by atoms with Crippen molar-refractivity contribution in [1.82, 2.24) is 0 Å². The first-order chi connectivity index (χ1) is 7.61. The Bertz CT molecular complexity index is 391. The molecule has 0 bridgehead atoms. The van der Waals surface area contributed by atoms with Crippen molar-refractivity contribution >= 4 is 23.2 Å². The van der Waals surface area contributed by atoms with Gasteiger partial charge in [-0.2, -0.15) is 0 Å². The van der Waals surface area contributed by atoms with Crippen molar-refractivity contribution in [2.75, 3.05) is 24.4 Å². The molecule has 0 atom stereocenters. The fourth-order valence-electron chi connectivity index (χ4n) is 1.21. The van der Waals surface area contributed by atoms with Crippen LogP contribution in [0.4, 0.5) is 11.4 Å². The van der Waals surface area contributed by atoms with Crippen LogP contribution in [0.25, 0.3) is 0 Å². The topological polar surface area (TPSA) is 67.4 Å². The van der Waals surface area contributed by atoms with E-state index in [9.17, 15) is 9.59 Å². The van der Waals surface area contributed by atoms with E-state index in [2.05, 4.69) is 15.4 Å². The van der Waals surface area contributed by atoms with E-state index in [0.29, 0.717) is 11.4 Å². The average Bonchev–Trinajstić information content (AvgIpc) is 2.17. The molecule has 2 amide bonds. The predicted octanol–water partition coefficient (Wildman–Crippen LogP) is 1.23. The quantitative estimate of drug-likeness (QED) is 0.805. The molecule has 5 heteroatoms. The van der Waals surface area contributed by atoms with Gasteiger partial charge in [0.1, 0.15) is 6.61 Å². The van der Waals surface area contributed by atoms with Crippen LogP contribution in [0.5, 0.6) is 0 Å². The minimum atomic E-state index is -0.234. The minimum absolute atomic E-state index is 0.00433. The fourth-order valence-corrected chi connectivity index (χ4v) is 1.21. The molecule has 0 aliphatic rings. The van der Waals surface area contributed by atoms with E-state index in [-0.39, 0.29) is 18.4 Å². The summed E-state index contributed by atoms with van der Waals surface area (Å²) < 4.78 is 4.69. The Kier molecular flexibility index (Phi) is 4.47. The number of anilines is 2. The molecule has 86 valence electrons. The lowest BCUT2D eigenvalue weighted by Gasteiger charge is -2.07. The van der Waals surface area contributed by atoms with Gasteiger partial charge in [0, 0.05) is 25.4 Å². The second kappa shape index (κ2) is 5.87. The third kappa shape index (κ3) is 4.10. The van der Waals surface area contributed by atoms with Gasteiger partial charge in [-0.25, -0.2) is 0 Å². The molecule has 0 aliphatic carbocycles. The molecule has 1 rings (SSSR count). The predicted molar refractivity (Wildman–Crippen MR) is 61.3 cm³/mol. The molecule has 5 nitrogen and oxygen atoms in total. The Hall–Kier alpha value is -1.88. The standard InChI is InChI=1S/C11H14N2O3/c1-8(14)12-9-4-3-5-10(6-9)13-11(15)7-16-2/h3-6H,7H2,1-2H3,(H,12,14)(H,13,15). The van der Waals surface area contributed by atoms with Crippen LogP contribution in [0.3, 0.4) is 0 Å². The summed E-state index contributed by atoms with van der Waals surface area (Å²) >= 11 is 0. The van der Waals surface area contributed by atoms with Crippen molar-refractivity contribution in [3.63, 3.8) is 0 Å². The SMILES string of the molecule is COCC(=O)Nc1cccc(NC(C)=O)c1. The van der Waals surface area contributed by atoms with Crippen LogP contribution in [0, 0.1) is 0 Å². The molecule has 0 saturated carbocycles. The maximum Gasteiger partial charge on any atom is 0.250 e. The number of amides is 2. The van der Waals surface area contributed by atoms with Gasteiger partial charge < -0.3 is 15.4 Å². The molecule has 0 aliphatic heterocycles. The highest BCUT2D eigenvalue weighted by atomic mass is 16.5. The van der Waals surface area contributed by atoms with Crippen LogP contribution in [0.2, 0.25) is 0 Å². The lowest BCUT2D eigenvalue weighted by molar-refractivity contribution is -0.119. The summed E-state index contributed by atoms with van der Waals surface area (Å²) in [5.41, 5.74) is 1.26. The van der Waals surface area contributed by atoms with Crippen LogP contribution in [0.15, 0.2) is 24.3 Å². The van der Waals surface area contributed by atoms with Crippen molar-refractivity contribution in [3.8, 4) is 0 Å². The number of methoxy groups -OCH3 is 1. The molecule has 16 heavy (non-hydrogen) atoms. The summed E-state index contributed by atoms with van der Waals surface area (Å²) in [6, 6.07) is 6.90. The summed E-state index contributed by atoms with van der Waals surface area (Å²) in [5.74, 6) is -0.386. The van der Waals surface area contributed by atoms with Gasteiger partial charge in [-0.3, -0.25) is 9.59 Å². The van der Waals surface area contributed by atoms with E-state index in [1.807, 2.05) is 0 Å². The van der Waals surface area contributed by atoms with Crippen molar-refractivity contribution in [2.45, 2.75) is 6.92 Å². The molecule has 1 aromatic rings. The summed E-state index contributed by atoms with van der Waals surface area (Å²) in [6.07, 6.45) is 0. The molecule has 0 saturated heterocycles. The summed E-state index contributed by atoms with van der Waals surface area (Å²) in [4.78, 5) is 22.1. The molecule has 0 spiro atoms. The van der Waals surface area contributed by atoms with E-state index in [0.717, 1.165) is 0 Å². The zero-order valence-electron chi connectivity index (χ0n) is 9.24. The van der Waals surface area contributed by atoms with Crippen molar-refractivity contribution in [1.29, 1.82) is 0 Å². The first-order valence-corrected chi connectivity index (χ1v) is 4.78. The van der Waals surface area contributed by atoms with E-state index >= 15 is 0 Å². The van der Waals surface area contributed by atoms with Gasteiger partial charge >= 0.3 is 0 Å². The minimum Gasteiger partial charge on any atom is -0.375 e. The van der Waals surface area contributed by atoms with E-state index in [1.165, 1.54) is 14.0 Å². The smallest absolute Gasteiger partial charge is 0.250 e. The van der Waals surface area contributed by atoms with Gasteiger partial charge in [-0.05, 0) is 18.2 Å². The maximum absolute atomic E-state index is 11.2. The molecule has 0 heterocycles. The number of benzene rings is 1. The fraction of sp³-hybridized carbons (Fsp3) is 0.273.